The average Bonchev–Trinajstić information content (AvgIpc) is 3.10. The van der Waals surface area contributed by atoms with Crippen LogP contribution < -0.4 is 0 Å². The quantitative estimate of drug-likeness (QED) is 0.176. The van der Waals surface area contributed by atoms with Crippen LogP contribution in [0.3, 0.4) is 0 Å². The summed E-state index contributed by atoms with van der Waals surface area (Å²) in [6.45, 7) is 9.38. The van der Waals surface area contributed by atoms with Crippen LogP contribution in [-0.4, -0.2) is 29.1 Å². The molecule has 0 N–H and O–H groups in total. The van der Waals surface area contributed by atoms with Gasteiger partial charge in [-0.25, -0.2) is 0 Å². The molecule has 1 rings (SSSR count). The summed E-state index contributed by atoms with van der Waals surface area (Å²) in [7, 11) is 0. The van der Waals surface area contributed by atoms with Crippen LogP contribution in [0.15, 0.2) is 12.4 Å². The second-order valence-corrected chi connectivity index (χ2v) is 9.35. The molecule has 0 aromatic rings. The molecule has 1 unspecified atom stereocenters. The van der Waals surface area contributed by atoms with Crippen LogP contribution in [0.4, 0.5) is 0 Å². The molecule has 2 nitrogen and oxygen atoms in total. The summed E-state index contributed by atoms with van der Waals surface area (Å²) >= 11 is 0. The SMILES string of the molecule is CCCCCCCCCCCCCCCCN1C=CN(CCC)C1CCCCC. The third kappa shape index (κ3) is 13.3. The molecular weight excluding hydrogens is 352 g/mol. The third-order valence-electron chi connectivity index (χ3n) is 6.53. The van der Waals surface area contributed by atoms with E-state index in [4.69, 9.17) is 0 Å². The van der Waals surface area contributed by atoms with Gasteiger partial charge in [-0.1, -0.05) is 117 Å². The maximum atomic E-state index is 2.63. The van der Waals surface area contributed by atoms with Crippen LogP contribution >= 0.6 is 0 Å². The molecule has 29 heavy (non-hydrogen) atoms. The average molecular weight is 407 g/mol. The third-order valence-corrected chi connectivity index (χ3v) is 6.53. The van der Waals surface area contributed by atoms with Crippen LogP contribution in [0.2, 0.25) is 0 Å². The van der Waals surface area contributed by atoms with Gasteiger partial charge in [-0.2, -0.15) is 0 Å². The van der Waals surface area contributed by atoms with Gasteiger partial charge in [0.25, 0.3) is 0 Å². The Kier molecular flexibility index (Phi) is 17.6. The first kappa shape index (κ1) is 26.4. The molecule has 0 aromatic carbocycles. The maximum absolute atomic E-state index is 2.63. The van der Waals surface area contributed by atoms with E-state index in [-0.39, 0.29) is 0 Å². The van der Waals surface area contributed by atoms with Crippen LogP contribution in [0.25, 0.3) is 0 Å². The first-order chi connectivity index (χ1) is 14.3. The lowest BCUT2D eigenvalue weighted by molar-refractivity contribution is 0.137. The predicted molar refractivity (Wildman–Crippen MR) is 131 cm³/mol. The van der Waals surface area contributed by atoms with Crippen molar-refractivity contribution in [3.05, 3.63) is 12.4 Å². The van der Waals surface area contributed by atoms with Crippen LogP contribution in [0.5, 0.6) is 0 Å². The Morgan fingerprint density at radius 3 is 1.34 bits per heavy atom. The van der Waals surface area contributed by atoms with E-state index in [0.717, 1.165) is 0 Å². The van der Waals surface area contributed by atoms with E-state index in [1.165, 1.54) is 135 Å². The molecule has 0 fully saturated rings. The highest BCUT2D eigenvalue weighted by Crippen LogP contribution is 2.22. The lowest BCUT2D eigenvalue weighted by Crippen LogP contribution is -2.39. The van der Waals surface area contributed by atoms with Gasteiger partial charge in [-0.15, -0.1) is 0 Å². The van der Waals surface area contributed by atoms with Crippen molar-refractivity contribution in [2.75, 3.05) is 13.1 Å². The summed E-state index contributed by atoms with van der Waals surface area (Å²) < 4.78 is 0. The van der Waals surface area contributed by atoms with Gasteiger partial charge in [0.1, 0.15) is 6.17 Å². The molecule has 1 aliphatic rings. The molecule has 1 aliphatic heterocycles. The van der Waals surface area contributed by atoms with Crippen molar-refractivity contribution in [1.29, 1.82) is 0 Å². The van der Waals surface area contributed by atoms with Crippen LogP contribution in [0, 0.1) is 0 Å². The fourth-order valence-corrected chi connectivity index (χ4v) is 4.66. The van der Waals surface area contributed by atoms with Crippen LogP contribution in [-0.2, 0) is 0 Å². The number of rotatable bonds is 21. The van der Waals surface area contributed by atoms with Gasteiger partial charge in [0, 0.05) is 25.5 Å². The Balaban J connectivity index is 1.97. The summed E-state index contributed by atoms with van der Waals surface area (Å²) in [6.07, 6.45) is 32.2. The fourth-order valence-electron chi connectivity index (χ4n) is 4.66. The van der Waals surface area contributed by atoms with Gasteiger partial charge in [-0.3, -0.25) is 0 Å². The zero-order valence-electron chi connectivity index (χ0n) is 20.5. The molecule has 0 amide bonds. The zero-order valence-corrected chi connectivity index (χ0v) is 20.5. The lowest BCUT2D eigenvalue weighted by atomic mass is 10.0. The van der Waals surface area contributed by atoms with Gasteiger partial charge in [0.15, 0.2) is 0 Å². The van der Waals surface area contributed by atoms with E-state index >= 15 is 0 Å². The smallest absolute Gasteiger partial charge is 0.101 e. The highest BCUT2D eigenvalue weighted by Gasteiger charge is 2.24. The van der Waals surface area contributed by atoms with E-state index in [0.29, 0.717) is 6.17 Å². The van der Waals surface area contributed by atoms with Gasteiger partial charge in [0.2, 0.25) is 0 Å². The van der Waals surface area contributed by atoms with Crippen molar-refractivity contribution >= 4 is 0 Å². The van der Waals surface area contributed by atoms with Crippen molar-refractivity contribution in [2.45, 2.75) is 149 Å². The van der Waals surface area contributed by atoms with E-state index in [9.17, 15) is 0 Å². The second-order valence-electron chi connectivity index (χ2n) is 9.35. The molecule has 0 aromatic heterocycles. The lowest BCUT2D eigenvalue weighted by Gasteiger charge is -2.33. The molecule has 0 aliphatic carbocycles. The highest BCUT2D eigenvalue weighted by molar-refractivity contribution is 4.96. The second kappa shape index (κ2) is 19.3. The fraction of sp³-hybridized carbons (Fsp3) is 0.926. The highest BCUT2D eigenvalue weighted by atomic mass is 15.4. The van der Waals surface area contributed by atoms with E-state index < -0.39 is 0 Å². The predicted octanol–water partition coefficient (Wildman–Crippen LogP) is 8.87. The van der Waals surface area contributed by atoms with Crippen molar-refractivity contribution in [2.24, 2.45) is 0 Å². The molecule has 0 saturated carbocycles. The summed E-state index contributed by atoms with van der Waals surface area (Å²) in [6, 6.07) is 0. The van der Waals surface area contributed by atoms with Gasteiger partial charge in [-0.05, 0) is 25.7 Å². The Labute approximate surface area is 184 Å². The minimum atomic E-state index is 0.642. The van der Waals surface area contributed by atoms with E-state index in [2.05, 4.69) is 43.0 Å². The molecule has 1 atom stereocenters. The van der Waals surface area contributed by atoms with E-state index in [1.54, 1.807) is 0 Å². The standard InChI is InChI=1S/C27H54N2/c1-4-7-9-10-11-12-13-14-15-16-17-18-19-21-24-29-26-25-28(23-6-3)27(29)22-20-8-5-2/h25-27H,4-24H2,1-3H3. The number of nitrogens with zero attached hydrogens (tertiary/aromatic N) is 2. The van der Waals surface area contributed by atoms with E-state index in [1.807, 2.05) is 0 Å². The molecule has 1 heterocycles. The van der Waals surface area contributed by atoms with Gasteiger partial charge >= 0.3 is 0 Å². The van der Waals surface area contributed by atoms with Crippen LogP contribution in [0.1, 0.15) is 143 Å². The topological polar surface area (TPSA) is 6.48 Å². The molecule has 0 spiro atoms. The first-order valence-electron chi connectivity index (χ1n) is 13.5. The minimum absolute atomic E-state index is 0.642. The van der Waals surface area contributed by atoms with Gasteiger partial charge in [0.05, 0.1) is 0 Å². The molecule has 0 radical (unpaired) electrons. The Morgan fingerprint density at radius 1 is 0.448 bits per heavy atom. The molecular formula is C27H54N2. The maximum Gasteiger partial charge on any atom is 0.101 e. The molecule has 0 bridgehead atoms. The summed E-state index contributed by atoms with van der Waals surface area (Å²) in [5.41, 5.74) is 0. The van der Waals surface area contributed by atoms with Gasteiger partial charge < -0.3 is 9.80 Å². The first-order valence-corrected chi connectivity index (χ1v) is 13.5. The van der Waals surface area contributed by atoms with Crippen molar-refractivity contribution in [1.82, 2.24) is 9.80 Å². The molecule has 172 valence electrons. The monoisotopic (exact) mass is 406 g/mol. The Hall–Kier alpha value is -0.660. The number of hydrogen-bond donors (Lipinski definition) is 0. The summed E-state index contributed by atoms with van der Waals surface area (Å²) in [4.78, 5) is 5.21. The van der Waals surface area contributed by atoms with Crippen molar-refractivity contribution in [3.63, 3.8) is 0 Å². The molecule has 0 saturated heterocycles. The zero-order chi connectivity index (χ0) is 21.0. The minimum Gasteiger partial charge on any atom is -0.356 e. The number of unbranched alkanes of at least 4 members (excludes halogenated alkanes) is 15. The molecule has 2 heteroatoms. The largest absolute Gasteiger partial charge is 0.356 e. The van der Waals surface area contributed by atoms with Crippen molar-refractivity contribution in [3.8, 4) is 0 Å². The normalized spacial score (nSPS) is 16.3. The Morgan fingerprint density at radius 2 is 0.862 bits per heavy atom. The summed E-state index contributed by atoms with van der Waals surface area (Å²) in [5, 5.41) is 0. The Bertz CT molecular complexity index is 366. The number of hydrogen-bond acceptors (Lipinski definition) is 2. The van der Waals surface area contributed by atoms with Crippen molar-refractivity contribution < 1.29 is 0 Å². The summed E-state index contributed by atoms with van der Waals surface area (Å²) in [5.74, 6) is 0.